The van der Waals surface area contributed by atoms with E-state index >= 15 is 0 Å². The van der Waals surface area contributed by atoms with Crippen LogP contribution in [0.15, 0.2) is 23.1 Å². The Labute approximate surface area is 77.5 Å². The average molecular weight is 197 g/mol. The number of sulfone groups is 1. The molecule has 0 spiro atoms. The standard InChI is InChI=1S/C9H11NO2S/c1-6-3-2-4-7-8(10)5-13(11,12)9(6)7/h2-4,8H,5,10H2,1H3. The second kappa shape index (κ2) is 2.56. The van der Waals surface area contributed by atoms with E-state index in [0.717, 1.165) is 11.1 Å². The fraction of sp³-hybridized carbons (Fsp3) is 0.333. The summed E-state index contributed by atoms with van der Waals surface area (Å²) in [4.78, 5) is 0.447. The molecule has 0 aliphatic carbocycles. The molecule has 0 aromatic heterocycles. The van der Waals surface area contributed by atoms with Crippen molar-refractivity contribution in [3.05, 3.63) is 29.3 Å². The maximum Gasteiger partial charge on any atom is 0.180 e. The van der Waals surface area contributed by atoms with Crippen LogP contribution in [0.4, 0.5) is 0 Å². The minimum atomic E-state index is -3.11. The van der Waals surface area contributed by atoms with E-state index in [-0.39, 0.29) is 11.8 Å². The van der Waals surface area contributed by atoms with E-state index in [0.29, 0.717) is 4.90 Å². The number of rotatable bonds is 0. The summed E-state index contributed by atoms with van der Waals surface area (Å²) in [6, 6.07) is 5.08. The highest BCUT2D eigenvalue weighted by molar-refractivity contribution is 7.91. The van der Waals surface area contributed by atoms with E-state index in [1.54, 1.807) is 19.1 Å². The van der Waals surface area contributed by atoms with E-state index < -0.39 is 9.84 Å². The van der Waals surface area contributed by atoms with E-state index in [9.17, 15) is 8.42 Å². The molecule has 1 aromatic rings. The predicted octanol–water partition coefficient (Wildman–Crippen LogP) is 0.782. The lowest BCUT2D eigenvalue weighted by Crippen LogP contribution is -2.11. The number of hydrogen-bond donors (Lipinski definition) is 1. The summed E-state index contributed by atoms with van der Waals surface area (Å²) >= 11 is 0. The largest absolute Gasteiger partial charge is 0.323 e. The highest BCUT2D eigenvalue weighted by atomic mass is 32.2. The van der Waals surface area contributed by atoms with Gasteiger partial charge in [-0.1, -0.05) is 18.2 Å². The summed E-state index contributed by atoms with van der Waals surface area (Å²) in [6.45, 7) is 1.80. The monoisotopic (exact) mass is 197 g/mol. The lowest BCUT2D eigenvalue weighted by Gasteiger charge is -2.03. The van der Waals surface area contributed by atoms with Crippen molar-refractivity contribution in [3.63, 3.8) is 0 Å². The highest BCUT2D eigenvalue weighted by Gasteiger charge is 2.33. The summed E-state index contributed by atoms with van der Waals surface area (Å²) in [7, 11) is -3.11. The molecule has 1 heterocycles. The van der Waals surface area contributed by atoms with Crippen LogP contribution in [-0.2, 0) is 9.84 Å². The zero-order chi connectivity index (χ0) is 9.64. The van der Waals surface area contributed by atoms with Gasteiger partial charge in [0.25, 0.3) is 0 Å². The lowest BCUT2D eigenvalue weighted by molar-refractivity contribution is 0.597. The van der Waals surface area contributed by atoms with Crippen molar-refractivity contribution in [2.75, 3.05) is 5.75 Å². The quantitative estimate of drug-likeness (QED) is 0.668. The summed E-state index contributed by atoms with van der Waals surface area (Å²) in [5, 5.41) is 0. The molecule has 1 unspecified atom stereocenters. The first-order chi connectivity index (χ1) is 6.02. The number of benzene rings is 1. The Morgan fingerprint density at radius 1 is 1.46 bits per heavy atom. The molecule has 1 atom stereocenters. The molecule has 1 aliphatic heterocycles. The Hall–Kier alpha value is -0.870. The third kappa shape index (κ3) is 1.17. The van der Waals surface area contributed by atoms with Crippen molar-refractivity contribution >= 4 is 9.84 Å². The third-order valence-corrected chi connectivity index (χ3v) is 4.33. The number of nitrogens with two attached hydrogens (primary N) is 1. The fourth-order valence-corrected chi connectivity index (χ4v) is 3.76. The summed E-state index contributed by atoms with van der Waals surface area (Å²) < 4.78 is 23.2. The first-order valence-corrected chi connectivity index (χ1v) is 5.75. The van der Waals surface area contributed by atoms with Crippen LogP contribution < -0.4 is 5.73 Å². The normalized spacial score (nSPS) is 24.3. The van der Waals surface area contributed by atoms with Gasteiger partial charge in [0.15, 0.2) is 9.84 Å². The van der Waals surface area contributed by atoms with Gasteiger partial charge < -0.3 is 5.73 Å². The van der Waals surface area contributed by atoms with Gasteiger partial charge in [0, 0.05) is 6.04 Å². The first kappa shape index (κ1) is 8.72. The Bertz CT molecular complexity index is 451. The predicted molar refractivity (Wildman–Crippen MR) is 50.2 cm³/mol. The zero-order valence-corrected chi connectivity index (χ0v) is 8.14. The van der Waals surface area contributed by atoms with E-state index in [2.05, 4.69) is 0 Å². The highest BCUT2D eigenvalue weighted by Crippen LogP contribution is 2.33. The molecule has 1 aliphatic rings. The molecule has 3 nitrogen and oxygen atoms in total. The smallest absolute Gasteiger partial charge is 0.180 e. The van der Waals surface area contributed by atoms with Crippen molar-refractivity contribution in [1.29, 1.82) is 0 Å². The molecule has 4 heteroatoms. The van der Waals surface area contributed by atoms with Crippen molar-refractivity contribution < 1.29 is 8.42 Å². The fourth-order valence-electron chi connectivity index (χ4n) is 1.80. The van der Waals surface area contributed by atoms with Crippen LogP contribution in [0, 0.1) is 6.92 Å². The van der Waals surface area contributed by atoms with Crippen LogP contribution in [0.1, 0.15) is 17.2 Å². The van der Waals surface area contributed by atoms with Gasteiger partial charge in [-0.2, -0.15) is 0 Å². The van der Waals surface area contributed by atoms with E-state index in [4.69, 9.17) is 5.73 Å². The van der Waals surface area contributed by atoms with E-state index in [1.165, 1.54) is 0 Å². The van der Waals surface area contributed by atoms with Gasteiger partial charge in [0.05, 0.1) is 10.6 Å². The van der Waals surface area contributed by atoms with Gasteiger partial charge in [0.2, 0.25) is 0 Å². The number of aryl methyl sites for hydroxylation is 1. The Morgan fingerprint density at radius 2 is 2.15 bits per heavy atom. The van der Waals surface area contributed by atoms with Crippen LogP contribution in [0.3, 0.4) is 0 Å². The average Bonchev–Trinajstić information content (AvgIpc) is 2.24. The minimum Gasteiger partial charge on any atom is -0.323 e. The summed E-state index contributed by atoms with van der Waals surface area (Å²) in [5.74, 6) is 0.0488. The molecule has 0 saturated heterocycles. The molecule has 0 amide bonds. The summed E-state index contributed by atoms with van der Waals surface area (Å²) in [6.07, 6.45) is 0. The van der Waals surface area contributed by atoms with Gasteiger partial charge in [-0.25, -0.2) is 8.42 Å². The molecule has 70 valence electrons. The Balaban J connectivity index is 2.81. The molecule has 0 fully saturated rings. The van der Waals surface area contributed by atoms with Crippen molar-refractivity contribution in [3.8, 4) is 0 Å². The number of fused-ring (bicyclic) bond motifs is 1. The Kier molecular flexibility index (Phi) is 1.72. The Morgan fingerprint density at radius 3 is 2.77 bits per heavy atom. The molecule has 0 bridgehead atoms. The van der Waals surface area contributed by atoms with Crippen molar-refractivity contribution in [2.24, 2.45) is 5.73 Å². The molecule has 0 saturated carbocycles. The van der Waals surface area contributed by atoms with Crippen LogP contribution in [0.2, 0.25) is 0 Å². The number of hydrogen-bond acceptors (Lipinski definition) is 3. The minimum absolute atomic E-state index is 0.0488. The van der Waals surface area contributed by atoms with Gasteiger partial charge in [-0.05, 0) is 18.1 Å². The second-order valence-electron chi connectivity index (χ2n) is 3.38. The van der Waals surface area contributed by atoms with Crippen molar-refractivity contribution in [1.82, 2.24) is 0 Å². The van der Waals surface area contributed by atoms with Crippen LogP contribution in [0.5, 0.6) is 0 Å². The van der Waals surface area contributed by atoms with Crippen LogP contribution in [-0.4, -0.2) is 14.2 Å². The van der Waals surface area contributed by atoms with E-state index in [1.807, 2.05) is 6.07 Å². The van der Waals surface area contributed by atoms with Gasteiger partial charge in [-0.3, -0.25) is 0 Å². The van der Waals surface area contributed by atoms with Gasteiger partial charge >= 0.3 is 0 Å². The maximum atomic E-state index is 11.6. The topological polar surface area (TPSA) is 60.2 Å². The molecular weight excluding hydrogens is 186 g/mol. The summed E-state index contributed by atoms with van der Waals surface area (Å²) in [5.41, 5.74) is 7.27. The molecular formula is C9H11NO2S. The third-order valence-electron chi connectivity index (χ3n) is 2.35. The zero-order valence-electron chi connectivity index (χ0n) is 7.32. The van der Waals surface area contributed by atoms with Crippen molar-refractivity contribution in [2.45, 2.75) is 17.9 Å². The SMILES string of the molecule is Cc1cccc2c1S(=O)(=O)CC2N. The molecule has 13 heavy (non-hydrogen) atoms. The molecule has 1 aromatic carbocycles. The lowest BCUT2D eigenvalue weighted by atomic mass is 10.1. The maximum absolute atomic E-state index is 11.6. The molecule has 0 radical (unpaired) electrons. The van der Waals surface area contributed by atoms with Gasteiger partial charge in [0.1, 0.15) is 0 Å². The molecule has 2 N–H and O–H groups in total. The van der Waals surface area contributed by atoms with Crippen LogP contribution in [0.25, 0.3) is 0 Å². The second-order valence-corrected chi connectivity index (χ2v) is 5.35. The van der Waals surface area contributed by atoms with Crippen LogP contribution >= 0.6 is 0 Å². The molecule has 2 rings (SSSR count). The first-order valence-electron chi connectivity index (χ1n) is 4.10. The van der Waals surface area contributed by atoms with Gasteiger partial charge in [-0.15, -0.1) is 0 Å².